The van der Waals surface area contributed by atoms with Gasteiger partial charge in [0.05, 0.1) is 13.0 Å². The number of carbonyl (C=O) groups excluding carboxylic acids is 1. The SMILES string of the molecule is COC(=O)[C@@H]1CN(Cc2ccccc2)C[C@H]1c1cccc(C(=N)N)c1. The fourth-order valence-electron chi connectivity index (χ4n) is 3.52. The van der Waals surface area contributed by atoms with Gasteiger partial charge in [0, 0.05) is 31.1 Å². The molecule has 0 unspecified atom stereocenters. The Kier molecular flexibility index (Phi) is 5.14. The molecule has 0 spiro atoms. The molecule has 1 heterocycles. The number of hydrogen-bond acceptors (Lipinski definition) is 4. The maximum absolute atomic E-state index is 12.3. The summed E-state index contributed by atoms with van der Waals surface area (Å²) in [6.45, 7) is 2.24. The van der Waals surface area contributed by atoms with Crippen LogP contribution in [0.4, 0.5) is 0 Å². The van der Waals surface area contributed by atoms with Crippen molar-refractivity contribution in [3.63, 3.8) is 0 Å². The highest BCUT2D eigenvalue weighted by atomic mass is 16.5. The Morgan fingerprint density at radius 2 is 1.96 bits per heavy atom. The molecule has 1 fully saturated rings. The van der Waals surface area contributed by atoms with Crippen molar-refractivity contribution >= 4 is 11.8 Å². The van der Waals surface area contributed by atoms with Gasteiger partial charge in [0.25, 0.3) is 0 Å². The first-order valence-electron chi connectivity index (χ1n) is 8.37. The molecule has 0 aromatic heterocycles. The quantitative estimate of drug-likeness (QED) is 0.499. The lowest BCUT2D eigenvalue weighted by Crippen LogP contribution is -2.24. The summed E-state index contributed by atoms with van der Waals surface area (Å²) in [5.41, 5.74) is 8.55. The van der Waals surface area contributed by atoms with Gasteiger partial charge in [-0.2, -0.15) is 0 Å². The van der Waals surface area contributed by atoms with E-state index in [2.05, 4.69) is 17.0 Å². The summed E-state index contributed by atoms with van der Waals surface area (Å²) in [4.78, 5) is 14.6. The number of amidine groups is 1. The third-order valence-electron chi connectivity index (χ3n) is 4.77. The largest absolute Gasteiger partial charge is 0.469 e. The fourth-order valence-corrected chi connectivity index (χ4v) is 3.52. The van der Waals surface area contributed by atoms with E-state index in [0.717, 1.165) is 18.7 Å². The Hall–Kier alpha value is -2.66. The van der Waals surface area contributed by atoms with Crippen LogP contribution in [0.15, 0.2) is 54.6 Å². The lowest BCUT2D eigenvalue weighted by molar-refractivity contribution is -0.145. The zero-order chi connectivity index (χ0) is 17.8. The van der Waals surface area contributed by atoms with Gasteiger partial charge in [-0.25, -0.2) is 0 Å². The second-order valence-corrected chi connectivity index (χ2v) is 6.45. The molecule has 5 heteroatoms. The van der Waals surface area contributed by atoms with Gasteiger partial charge >= 0.3 is 5.97 Å². The highest BCUT2D eigenvalue weighted by Gasteiger charge is 2.39. The van der Waals surface area contributed by atoms with Crippen molar-refractivity contribution in [3.8, 4) is 0 Å². The zero-order valence-electron chi connectivity index (χ0n) is 14.3. The number of nitrogens with two attached hydrogens (primary N) is 1. The standard InChI is InChI=1S/C20H23N3O2/c1-25-20(24)18-13-23(11-14-6-3-2-4-7-14)12-17(18)15-8-5-9-16(10-15)19(21)22/h2-10,17-18H,11-13H2,1H3,(H3,21,22)/t17-,18+/m0/s1. The van der Waals surface area contributed by atoms with Crippen molar-refractivity contribution < 1.29 is 9.53 Å². The highest BCUT2D eigenvalue weighted by molar-refractivity contribution is 5.95. The molecule has 2 aromatic carbocycles. The number of benzene rings is 2. The summed E-state index contributed by atoms with van der Waals surface area (Å²) in [5.74, 6) is -0.323. The number of likely N-dealkylation sites (tertiary alicyclic amines) is 1. The van der Waals surface area contributed by atoms with Crippen molar-refractivity contribution in [1.29, 1.82) is 5.41 Å². The van der Waals surface area contributed by atoms with Gasteiger partial charge in [0.15, 0.2) is 0 Å². The molecule has 0 aliphatic carbocycles. The number of rotatable bonds is 5. The van der Waals surface area contributed by atoms with Crippen LogP contribution in [-0.4, -0.2) is 36.9 Å². The summed E-state index contributed by atoms with van der Waals surface area (Å²) < 4.78 is 5.03. The Balaban J connectivity index is 1.84. The van der Waals surface area contributed by atoms with Gasteiger partial charge in [-0.15, -0.1) is 0 Å². The second kappa shape index (κ2) is 7.49. The van der Waals surface area contributed by atoms with Gasteiger partial charge < -0.3 is 10.5 Å². The number of carbonyl (C=O) groups is 1. The van der Waals surface area contributed by atoms with E-state index >= 15 is 0 Å². The summed E-state index contributed by atoms with van der Waals surface area (Å²) in [5, 5.41) is 7.64. The lowest BCUT2D eigenvalue weighted by Gasteiger charge is -2.17. The molecule has 0 saturated carbocycles. The van der Waals surface area contributed by atoms with E-state index < -0.39 is 0 Å². The van der Waals surface area contributed by atoms with Crippen LogP contribution in [-0.2, 0) is 16.1 Å². The zero-order valence-corrected chi connectivity index (χ0v) is 14.3. The predicted molar refractivity (Wildman–Crippen MR) is 97.4 cm³/mol. The van der Waals surface area contributed by atoms with Crippen LogP contribution in [0.2, 0.25) is 0 Å². The first kappa shape index (κ1) is 17.2. The van der Waals surface area contributed by atoms with E-state index in [1.54, 1.807) is 0 Å². The summed E-state index contributed by atoms with van der Waals surface area (Å²) in [6, 6.07) is 17.9. The molecule has 130 valence electrons. The van der Waals surface area contributed by atoms with E-state index in [1.807, 2.05) is 42.5 Å². The predicted octanol–water partition coefficient (Wildman–Crippen LogP) is 2.36. The summed E-state index contributed by atoms with van der Waals surface area (Å²) >= 11 is 0. The minimum absolute atomic E-state index is 0.0375. The average Bonchev–Trinajstić information content (AvgIpc) is 3.06. The Morgan fingerprint density at radius 3 is 2.64 bits per heavy atom. The van der Waals surface area contributed by atoms with Gasteiger partial charge in [-0.1, -0.05) is 48.5 Å². The van der Waals surface area contributed by atoms with Crippen molar-refractivity contribution in [2.75, 3.05) is 20.2 Å². The number of methoxy groups -OCH3 is 1. The van der Waals surface area contributed by atoms with Crippen LogP contribution >= 0.6 is 0 Å². The monoisotopic (exact) mass is 337 g/mol. The highest BCUT2D eigenvalue weighted by Crippen LogP contribution is 2.34. The maximum Gasteiger partial charge on any atom is 0.310 e. The topological polar surface area (TPSA) is 79.4 Å². The minimum atomic E-state index is -0.212. The van der Waals surface area contributed by atoms with Gasteiger partial charge in [-0.05, 0) is 17.2 Å². The first-order valence-corrected chi connectivity index (χ1v) is 8.37. The molecule has 1 aliphatic heterocycles. The van der Waals surface area contributed by atoms with Crippen LogP contribution in [0.25, 0.3) is 0 Å². The van der Waals surface area contributed by atoms with Crippen LogP contribution in [0, 0.1) is 11.3 Å². The average molecular weight is 337 g/mol. The molecule has 2 atom stereocenters. The smallest absolute Gasteiger partial charge is 0.310 e. The Bertz CT molecular complexity index is 761. The van der Waals surface area contributed by atoms with Crippen LogP contribution in [0.3, 0.4) is 0 Å². The fraction of sp³-hybridized carbons (Fsp3) is 0.300. The summed E-state index contributed by atoms with van der Waals surface area (Å²) in [6.07, 6.45) is 0. The first-order chi connectivity index (χ1) is 12.1. The molecule has 3 rings (SSSR count). The van der Waals surface area contributed by atoms with Crippen molar-refractivity contribution in [2.24, 2.45) is 11.7 Å². The molecule has 0 bridgehead atoms. The number of ether oxygens (including phenoxy) is 1. The molecular weight excluding hydrogens is 314 g/mol. The maximum atomic E-state index is 12.3. The number of esters is 1. The van der Waals surface area contributed by atoms with Gasteiger partial charge in [-0.3, -0.25) is 15.1 Å². The molecule has 2 aromatic rings. The van der Waals surface area contributed by atoms with Crippen molar-refractivity contribution in [3.05, 3.63) is 71.3 Å². The minimum Gasteiger partial charge on any atom is -0.469 e. The lowest BCUT2D eigenvalue weighted by atomic mass is 9.88. The number of nitrogens with one attached hydrogen (secondary N) is 1. The molecule has 1 saturated heterocycles. The van der Waals surface area contributed by atoms with Crippen molar-refractivity contribution in [2.45, 2.75) is 12.5 Å². The number of nitrogen functional groups attached to an aromatic ring is 1. The molecule has 25 heavy (non-hydrogen) atoms. The molecule has 5 nitrogen and oxygen atoms in total. The summed E-state index contributed by atoms with van der Waals surface area (Å²) in [7, 11) is 1.44. The van der Waals surface area contributed by atoms with E-state index in [9.17, 15) is 4.79 Å². The molecule has 1 aliphatic rings. The van der Waals surface area contributed by atoms with Crippen molar-refractivity contribution in [1.82, 2.24) is 4.90 Å². The molecule has 0 amide bonds. The van der Waals surface area contributed by atoms with Gasteiger partial charge in [0.2, 0.25) is 0 Å². The third kappa shape index (κ3) is 3.88. The third-order valence-corrected chi connectivity index (χ3v) is 4.77. The van der Waals surface area contributed by atoms with E-state index in [1.165, 1.54) is 12.7 Å². The van der Waals surface area contributed by atoms with E-state index in [-0.39, 0.29) is 23.6 Å². The van der Waals surface area contributed by atoms with Crippen LogP contribution in [0.5, 0.6) is 0 Å². The normalized spacial score (nSPS) is 20.4. The molecular formula is C20H23N3O2. The Labute approximate surface area is 147 Å². The number of hydrogen-bond donors (Lipinski definition) is 2. The second-order valence-electron chi connectivity index (χ2n) is 6.45. The van der Waals surface area contributed by atoms with E-state index in [4.69, 9.17) is 15.9 Å². The van der Waals surface area contributed by atoms with Crippen LogP contribution < -0.4 is 5.73 Å². The Morgan fingerprint density at radius 1 is 1.20 bits per heavy atom. The number of nitrogens with zero attached hydrogens (tertiary/aromatic N) is 1. The molecule has 3 N–H and O–H groups in total. The van der Waals surface area contributed by atoms with Crippen LogP contribution in [0.1, 0.15) is 22.6 Å². The van der Waals surface area contributed by atoms with E-state index in [0.29, 0.717) is 12.1 Å². The molecule has 0 radical (unpaired) electrons. The van der Waals surface area contributed by atoms with Gasteiger partial charge in [0.1, 0.15) is 5.84 Å².